The van der Waals surface area contributed by atoms with Crippen LogP contribution in [-0.2, 0) is 4.79 Å². The molecular formula is C34H41N3O. The van der Waals surface area contributed by atoms with E-state index < -0.39 is 0 Å². The molecule has 0 aliphatic carbocycles. The van der Waals surface area contributed by atoms with E-state index in [9.17, 15) is 4.79 Å². The number of nitrogens with zero attached hydrogens (tertiary/aromatic N) is 2. The van der Waals surface area contributed by atoms with Gasteiger partial charge in [0, 0.05) is 25.0 Å². The van der Waals surface area contributed by atoms with E-state index in [1.165, 1.54) is 49.7 Å². The van der Waals surface area contributed by atoms with Gasteiger partial charge in [0.2, 0.25) is 5.91 Å². The largest absolute Gasteiger partial charge is 0.353 e. The monoisotopic (exact) mass is 507 g/mol. The van der Waals surface area contributed by atoms with Crippen LogP contribution in [0.3, 0.4) is 0 Å². The van der Waals surface area contributed by atoms with Gasteiger partial charge in [-0.2, -0.15) is 0 Å². The van der Waals surface area contributed by atoms with Crippen LogP contribution in [0, 0.1) is 5.92 Å². The molecule has 0 saturated carbocycles. The lowest BCUT2D eigenvalue weighted by Gasteiger charge is -2.38. The third-order valence-corrected chi connectivity index (χ3v) is 7.42. The fourth-order valence-electron chi connectivity index (χ4n) is 5.35. The minimum atomic E-state index is -0.0306. The Balaban J connectivity index is 1.08. The van der Waals surface area contributed by atoms with E-state index in [4.69, 9.17) is 0 Å². The SMILES string of the molecule is O=C(C=CC=Cc1cccnc1)NCCCCCCC1CCN(C(c2ccccc2)c2ccccc2)CC1. The van der Waals surface area contributed by atoms with Crippen LogP contribution in [-0.4, -0.2) is 35.4 Å². The number of pyridine rings is 1. The van der Waals surface area contributed by atoms with E-state index >= 15 is 0 Å². The Hall–Kier alpha value is -3.50. The molecule has 1 saturated heterocycles. The quantitative estimate of drug-likeness (QED) is 0.151. The van der Waals surface area contributed by atoms with Crippen molar-refractivity contribution >= 4 is 12.0 Å². The van der Waals surface area contributed by atoms with Crippen molar-refractivity contribution in [3.8, 4) is 0 Å². The van der Waals surface area contributed by atoms with Gasteiger partial charge in [0.15, 0.2) is 0 Å². The molecule has 198 valence electrons. The number of benzene rings is 2. The predicted octanol–water partition coefficient (Wildman–Crippen LogP) is 7.22. The van der Waals surface area contributed by atoms with Crippen molar-refractivity contribution in [2.75, 3.05) is 19.6 Å². The molecule has 4 nitrogen and oxygen atoms in total. The average Bonchev–Trinajstić information content (AvgIpc) is 2.97. The Kier molecular flexibility index (Phi) is 11.4. The molecule has 2 aromatic carbocycles. The molecule has 0 unspecified atom stereocenters. The van der Waals surface area contributed by atoms with Crippen LogP contribution in [0.5, 0.6) is 0 Å². The molecule has 1 aliphatic heterocycles. The second-order valence-electron chi connectivity index (χ2n) is 10.2. The first kappa shape index (κ1) is 27.5. The zero-order chi connectivity index (χ0) is 26.3. The molecule has 1 aliphatic rings. The molecule has 1 fully saturated rings. The normalized spacial score (nSPS) is 15.0. The van der Waals surface area contributed by atoms with Crippen LogP contribution in [0.1, 0.15) is 67.7 Å². The van der Waals surface area contributed by atoms with E-state index in [1.807, 2.05) is 24.3 Å². The van der Waals surface area contributed by atoms with E-state index in [2.05, 4.69) is 75.9 Å². The Morgan fingerprint density at radius 2 is 1.55 bits per heavy atom. The standard InChI is InChI=1S/C34H41N3O/c38-33(21-11-10-15-30-16-13-24-35-28-30)36-25-12-2-1-5-14-29-22-26-37(27-23-29)34(31-17-6-3-7-18-31)32-19-8-4-9-20-32/h3-4,6-11,13,15-21,24,28-29,34H,1-2,5,12,14,22-23,25-27H2,(H,36,38). The first-order chi connectivity index (χ1) is 18.8. The molecule has 2 heterocycles. The Morgan fingerprint density at radius 1 is 0.868 bits per heavy atom. The summed E-state index contributed by atoms with van der Waals surface area (Å²) >= 11 is 0. The molecule has 0 bridgehead atoms. The minimum absolute atomic E-state index is 0.0306. The van der Waals surface area contributed by atoms with Gasteiger partial charge in [-0.25, -0.2) is 0 Å². The number of piperidine rings is 1. The molecule has 1 aromatic heterocycles. The molecule has 0 radical (unpaired) electrons. The first-order valence-corrected chi connectivity index (χ1v) is 14.2. The van der Waals surface area contributed by atoms with Crippen molar-refractivity contribution < 1.29 is 4.79 Å². The average molecular weight is 508 g/mol. The molecule has 1 N–H and O–H groups in total. The molecule has 3 aromatic rings. The summed E-state index contributed by atoms with van der Waals surface area (Å²) in [6.07, 6.45) is 19.3. The highest BCUT2D eigenvalue weighted by Crippen LogP contribution is 2.33. The third kappa shape index (κ3) is 9.11. The maximum Gasteiger partial charge on any atom is 0.243 e. The summed E-state index contributed by atoms with van der Waals surface area (Å²) in [5.74, 6) is 0.805. The number of likely N-dealkylation sites (tertiary alicyclic amines) is 1. The number of hydrogen-bond acceptors (Lipinski definition) is 3. The predicted molar refractivity (Wildman–Crippen MR) is 158 cm³/mol. The number of carbonyl (C=O) groups is 1. The number of carbonyl (C=O) groups excluding carboxylic acids is 1. The second-order valence-corrected chi connectivity index (χ2v) is 10.2. The maximum absolute atomic E-state index is 12.0. The molecular weight excluding hydrogens is 466 g/mol. The lowest BCUT2D eigenvalue weighted by atomic mass is 9.88. The van der Waals surface area contributed by atoms with Crippen molar-refractivity contribution in [1.29, 1.82) is 0 Å². The van der Waals surface area contributed by atoms with Crippen molar-refractivity contribution in [2.24, 2.45) is 5.92 Å². The molecule has 0 atom stereocenters. The summed E-state index contributed by atoms with van der Waals surface area (Å²) in [6.45, 7) is 3.07. The number of rotatable bonds is 13. The summed E-state index contributed by atoms with van der Waals surface area (Å²) < 4.78 is 0. The smallest absolute Gasteiger partial charge is 0.243 e. The van der Waals surface area contributed by atoms with Crippen molar-refractivity contribution in [3.63, 3.8) is 0 Å². The zero-order valence-corrected chi connectivity index (χ0v) is 22.4. The molecule has 0 spiro atoms. The van der Waals surface area contributed by atoms with Crippen LogP contribution in [0.4, 0.5) is 0 Å². The van der Waals surface area contributed by atoms with E-state index in [-0.39, 0.29) is 5.91 Å². The van der Waals surface area contributed by atoms with Crippen LogP contribution in [0.15, 0.2) is 103 Å². The highest BCUT2D eigenvalue weighted by atomic mass is 16.1. The summed E-state index contributed by atoms with van der Waals surface area (Å²) in [5.41, 5.74) is 3.80. The van der Waals surface area contributed by atoms with Gasteiger partial charge in [-0.1, -0.05) is 111 Å². The molecule has 4 rings (SSSR count). The summed E-state index contributed by atoms with van der Waals surface area (Å²) in [6, 6.07) is 26.1. The third-order valence-electron chi connectivity index (χ3n) is 7.42. The van der Waals surface area contributed by atoms with E-state index in [0.717, 1.165) is 37.5 Å². The lowest BCUT2D eigenvalue weighted by Crippen LogP contribution is -2.37. The van der Waals surface area contributed by atoms with Crippen LogP contribution >= 0.6 is 0 Å². The van der Waals surface area contributed by atoms with Crippen molar-refractivity contribution in [3.05, 3.63) is 120 Å². The van der Waals surface area contributed by atoms with E-state index in [1.54, 1.807) is 24.5 Å². The summed E-state index contributed by atoms with van der Waals surface area (Å²) in [7, 11) is 0. The van der Waals surface area contributed by atoms with Crippen LogP contribution in [0.25, 0.3) is 6.08 Å². The highest BCUT2D eigenvalue weighted by Gasteiger charge is 2.27. The molecule has 38 heavy (non-hydrogen) atoms. The molecule has 4 heteroatoms. The van der Waals surface area contributed by atoms with Crippen LogP contribution in [0.2, 0.25) is 0 Å². The number of unbranched alkanes of at least 4 members (excludes halogenated alkanes) is 3. The van der Waals surface area contributed by atoms with Crippen molar-refractivity contribution in [1.82, 2.24) is 15.2 Å². The molecule has 1 amide bonds. The van der Waals surface area contributed by atoms with Gasteiger partial charge in [0.1, 0.15) is 0 Å². The van der Waals surface area contributed by atoms with Gasteiger partial charge in [0.25, 0.3) is 0 Å². The zero-order valence-electron chi connectivity index (χ0n) is 22.4. The minimum Gasteiger partial charge on any atom is -0.353 e. The van der Waals surface area contributed by atoms with Crippen molar-refractivity contribution in [2.45, 2.75) is 51.0 Å². The topological polar surface area (TPSA) is 45.2 Å². The van der Waals surface area contributed by atoms with Gasteiger partial charge < -0.3 is 5.32 Å². The summed E-state index contributed by atoms with van der Waals surface area (Å²) in [4.78, 5) is 18.7. The van der Waals surface area contributed by atoms with Gasteiger partial charge in [0.05, 0.1) is 6.04 Å². The van der Waals surface area contributed by atoms with E-state index in [0.29, 0.717) is 6.04 Å². The Morgan fingerprint density at radius 3 is 2.21 bits per heavy atom. The number of hydrogen-bond donors (Lipinski definition) is 1. The maximum atomic E-state index is 12.0. The number of nitrogens with one attached hydrogen (secondary N) is 1. The lowest BCUT2D eigenvalue weighted by molar-refractivity contribution is -0.116. The first-order valence-electron chi connectivity index (χ1n) is 14.2. The number of aromatic nitrogens is 1. The highest BCUT2D eigenvalue weighted by molar-refractivity contribution is 5.87. The Bertz CT molecular complexity index is 1080. The van der Waals surface area contributed by atoms with Gasteiger partial charge in [-0.3, -0.25) is 14.7 Å². The fourth-order valence-corrected chi connectivity index (χ4v) is 5.35. The van der Waals surface area contributed by atoms with Gasteiger partial charge in [-0.05, 0) is 61.0 Å². The number of allylic oxidation sites excluding steroid dienone is 2. The summed E-state index contributed by atoms with van der Waals surface area (Å²) in [5, 5.41) is 2.99. The number of amides is 1. The van der Waals surface area contributed by atoms with Crippen LogP contribution < -0.4 is 5.32 Å². The van der Waals surface area contributed by atoms with Gasteiger partial charge in [-0.15, -0.1) is 0 Å². The fraction of sp³-hybridized carbons (Fsp3) is 0.353. The second kappa shape index (κ2) is 15.7. The Labute approximate surface area is 228 Å². The van der Waals surface area contributed by atoms with Gasteiger partial charge >= 0.3 is 0 Å².